The molecule has 1 fully saturated rings. The molecule has 0 saturated carbocycles. The Labute approximate surface area is 203 Å². The van der Waals surface area contributed by atoms with Crippen molar-refractivity contribution in [3.8, 4) is 17.1 Å². The summed E-state index contributed by atoms with van der Waals surface area (Å²) in [5.41, 5.74) is 3.77. The van der Waals surface area contributed by atoms with Crippen molar-refractivity contribution in [3.63, 3.8) is 0 Å². The van der Waals surface area contributed by atoms with Gasteiger partial charge in [0.2, 0.25) is 0 Å². The normalized spacial score (nSPS) is 17.8. The van der Waals surface area contributed by atoms with Gasteiger partial charge in [0.05, 0.1) is 18.8 Å². The molecule has 1 aliphatic heterocycles. The molecule has 0 aliphatic carbocycles. The maximum absolute atomic E-state index is 6.43. The van der Waals surface area contributed by atoms with Gasteiger partial charge in [-0.15, -0.1) is 0 Å². The van der Waals surface area contributed by atoms with Crippen molar-refractivity contribution >= 4 is 34.6 Å². The number of aromatic nitrogens is 1. The molecule has 3 heterocycles. The molecule has 1 N–H and O–H groups in total. The van der Waals surface area contributed by atoms with E-state index >= 15 is 0 Å². The maximum Gasteiger partial charge on any atom is 0.174 e. The molecule has 1 saturated heterocycles. The molecular formula is C26H22ClN3O2S. The van der Waals surface area contributed by atoms with E-state index < -0.39 is 0 Å². The van der Waals surface area contributed by atoms with E-state index in [0.717, 1.165) is 39.8 Å². The molecule has 0 radical (unpaired) electrons. The van der Waals surface area contributed by atoms with Crippen LogP contribution >= 0.6 is 23.8 Å². The number of hydrogen-bond donors (Lipinski definition) is 1. The van der Waals surface area contributed by atoms with E-state index in [9.17, 15) is 0 Å². The maximum atomic E-state index is 6.43. The number of rotatable bonds is 5. The summed E-state index contributed by atoms with van der Waals surface area (Å²) in [5.74, 6) is 2.33. The Morgan fingerprint density at radius 1 is 1.03 bits per heavy atom. The summed E-state index contributed by atoms with van der Waals surface area (Å²) in [6.45, 7) is 1.99. The average molecular weight is 476 g/mol. The van der Waals surface area contributed by atoms with E-state index in [4.69, 9.17) is 33.0 Å². The molecule has 166 valence electrons. The van der Waals surface area contributed by atoms with Crippen LogP contribution in [0.2, 0.25) is 5.02 Å². The number of furan rings is 1. The number of nitrogens with one attached hydrogen (secondary N) is 1. The van der Waals surface area contributed by atoms with Crippen molar-refractivity contribution in [3.05, 3.63) is 101 Å². The number of hydrogen-bond acceptors (Lipinski definition) is 4. The third-order valence-corrected chi connectivity index (χ3v) is 6.62. The quantitative estimate of drug-likeness (QED) is 0.333. The van der Waals surface area contributed by atoms with Crippen molar-refractivity contribution in [1.29, 1.82) is 0 Å². The van der Waals surface area contributed by atoms with Gasteiger partial charge >= 0.3 is 0 Å². The van der Waals surface area contributed by atoms with Gasteiger partial charge < -0.3 is 19.4 Å². The molecule has 33 heavy (non-hydrogen) atoms. The molecule has 5 nitrogen and oxygen atoms in total. The van der Waals surface area contributed by atoms with E-state index in [1.165, 1.54) is 0 Å². The zero-order chi connectivity index (χ0) is 22.9. The standard InChI is InChI=1S/C26H22ClN3O2S/c1-16-19(6-5-7-20(16)27)22-13-14-23(32-22)25-24(21-8-3-4-15-28-21)29-26(33)30(25)17-9-11-18(31-2)12-10-17/h3-15,24-25H,1-2H3,(H,29,33). The number of anilines is 1. The summed E-state index contributed by atoms with van der Waals surface area (Å²) in [7, 11) is 1.65. The smallest absolute Gasteiger partial charge is 0.174 e. The molecule has 0 amide bonds. The van der Waals surface area contributed by atoms with E-state index in [2.05, 4.69) is 15.2 Å². The van der Waals surface area contributed by atoms with Gasteiger partial charge in [-0.2, -0.15) is 0 Å². The van der Waals surface area contributed by atoms with Crippen LogP contribution in [-0.2, 0) is 0 Å². The summed E-state index contributed by atoms with van der Waals surface area (Å²) in [4.78, 5) is 6.66. The lowest BCUT2D eigenvalue weighted by molar-refractivity contribution is 0.414. The Hall–Kier alpha value is -3.35. The lowest BCUT2D eigenvalue weighted by atomic mass is 10.0. The van der Waals surface area contributed by atoms with Crippen LogP contribution in [0, 0.1) is 6.92 Å². The molecule has 2 aromatic carbocycles. The Morgan fingerprint density at radius 3 is 2.58 bits per heavy atom. The van der Waals surface area contributed by atoms with Gasteiger partial charge in [0.1, 0.15) is 23.3 Å². The highest BCUT2D eigenvalue weighted by molar-refractivity contribution is 7.80. The molecule has 0 bridgehead atoms. The molecule has 0 spiro atoms. The number of benzene rings is 2. The Balaban J connectivity index is 1.60. The fourth-order valence-electron chi connectivity index (χ4n) is 4.20. The fourth-order valence-corrected chi connectivity index (χ4v) is 4.72. The van der Waals surface area contributed by atoms with Crippen molar-refractivity contribution in [1.82, 2.24) is 10.3 Å². The molecule has 2 unspecified atom stereocenters. The van der Waals surface area contributed by atoms with E-state index in [-0.39, 0.29) is 12.1 Å². The van der Waals surface area contributed by atoms with Crippen LogP contribution in [0.15, 0.2) is 83.4 Å². The van der Waals surface area contributed by atoms with Crippen molar-refractivity contribution in [2.24, 2.45) is 0 Å². The molecule has 2 atom stereocenters. The minimum Gasteiger partial charge on any atom is -0.497 e. The lowest BCUT2D eigenvalue weighted by Crippen LogP contribution is -2.29. The lowest BCUT2D eigenvalue weighted by Gasteiger charge is -2.26. The summed E-state index contributed by atoms with van der Waals surface area (Å²) < 4.78 is 11.8. The number of methoxy groups -OCH3 is 1. The third-order valence-electron chi connectivity index (χ3n) is 5.90. The van der Waals surface area contributed by atoms with Crippen LogP contribution in [0.4, 0.5) is 5.69 Å². The van der Waals surface area contributed by atoms with Gasteiger partial charge in [0, 0.05) is 22.5 Å². The molecule has 2 aromatic heterocycles. The fraction of sp³-hybridized carbons (Fsp3) is 0.154. The predicted molar refractivity (Wildman–Crippen MR) is 135 cm³/mol. The molecular weight excluding hydrogens is 454 g/mol. The molecule has 7 heteroatoms. The second-order valence-electron chi connectivity index (χ2n) is 7.81. The Morgan fingerprint density at radius 2 is 1.85 bits per heavy atom. The highest BCUT2D eigenvalue weighted by atomic mass is 35.5. The summed E-state index contributed by atoms with van der Waals surface area (Å²) in [6, 6.07) is 23.1. The van der Waals surface area contributed by atoms with Crippen molar-refractivity contribution in [2.45, 2.75) is 19.0 Å². The predicted octanol–water partition coefficient (Wildman–Crippen LogP) is 6.49. The topological polar surface area (TPSA) is 50.5 Å². The van der Waals surface area contributed by atoms with Crippen LogP contribution < -0.4 is 15.0 Å². The minimum atomic E-state index is -0.228. The van der Waals surface area contributed by atoms with Gasteiger partial charge in [0.25, 0.3) is 0 Å². The van der Waals surface area contributed by atoms with Crippen LogP contribution in [-0.4, -0.2) is 17.2 Å². The molecule has 5 rings (SSSR count). The van der Waals surface area contributed by atoms with E-state index in [0.29, 0.717) is 10.1 Å². The Bertz CT molecular complexity index is 1290. The van der Waals surface area contributed by atoms with Gasteiger partial charge in [0.15, 0.2) is 5.11 Å². The molecule has 4 aromatic rings. The first-order valence-corrected chi connectivity index (χ1v) is 11.4. The second kappa shape index (κ2) is 8.89. The Kier molecular flexibility index (Phi) is 5.79. The number of ether oxygens (including phenoxy) is 1. The monoisotopic (exact) mass is 475 g/mol. The number of nitrogens with zero attached hydrogens (tertiary/aromatic N) is 2. The number of pyridine rings is 1. The first-order valence-electron chi connectivity index (χ1n) is 10.6. The highest BCUT2D eigenvalue weighted by Crippen LogP contribution is 2.43. The first kappa shape index (κ1) is 21.5. The second-order valence-corrected chi connectivity index (χ2v) is 8.60. The van der Waals surface area contributed by atoms with Crippen LogP contribution in [0.3, 0.4) is 0 Å². The van der Waals surface area contributed by atoms with Gasteiger partial charge in [-0.25, -0.2) is 0 Å². The van der Waals surface area contributed by atoms with Crippen LogP contribution in [0.5, 0.6) is 5.75 Å². The third kappa shape index (κ3) is 3.96. The minimum absolute atomic E-state index is 0.180. The summed E-state index contributed by atoms with van der Waals surface area (Å²) in [5, 5.41) is 4.77. The van der Waals surface area contributed by atoms with Gasteiger partial charge in [-0.1, -0.05) is 29.8 Å². The first-order chi connectivity index (χ1) is 16.1. The van der Waals surface area contributed by atoms with Crippen molar-refractivity contribution < 1.29 is 9.15 Å². The number of thiocarbonyl (C=S) groups is 1. The largest absolute Gasteiger partial charge is 0.497 e. The zero-order valence-corrected chi connectivity index (χ0v) is 19.7. The SMILES string of the molecule is COc1ccc(N2C(=S)NC(c3ccccn3)C2c2ccc(-c3cccc(Cl)c3C)o2)cc1. The van der Waals surface area contributed by atoms with E-state index in [1.54, 1.807) is 13.3 Å². The average Bonchev–Trinajstić information content (AvgIpc) is 3.46. The van der Waals surface area contributed by atoms with Gasteiger partial charge in [-0.05, 0) is 79.3 Å². The highest BCUT2D eigenvalue weighted by Gasteiger charge is 2.42. The zero-order valence-electron chi connectivity index (χ0n) is 18.2. The van der Waals surface area contributed by atoms with Crippen molar-refractivity contribution in [2.75, 3.05) is 12.0 Å². The molecule has 1 aliphatic rings. The van der Waals surface area contributed by atoms with Crippen LogP contribution in [0.25, 0.3) is 11.3 Å². The van der Waals surface area contributed by atoms with Gasteiger partial charge in [-0.3, -0.25) is 4.98 Å². The van der Waals surface area contributed by atoms with Crippen LogP contribution in [0.1, 0.15) is 29.1 Å². The van der Waals surface area contributed by atoms with E-state index in [1.807, 2.05) is 79.7 Å². The summed E-state index contributed by atoms with van der Waals surface area (Å²) in [6.07, 6.45) is 1.79. The summed E-state index contributed by atoms with van der Waals surface area (Å²) >= 11 is 12.1. The number of halogens is 1.